The molecular weight excluding hydrogens is 316 g/mol. The highest BCUT2D eigenvalue weighted by molar-refractivity contribution is 5.81. The topological polar surface area (TPSA) is 101 Å². The van der Waals surface area contributed by atoms with Crippen LogP contribution in [0.5, 0.6) is 11.8 Å². The van der Waals surface area contributed by atoms with Crippen LogP contribution in [0.15, 0.2) is 42.5 Å². The molecule has 1 heterocycles. The number of carbonyl (C=O) groups is 2. The van der Waals surface area contributed by atoms with Gasteiger partial charge in [-0.25, -0.2) is 9.59 Å². The van der Waals surface area contributed by atoms with Gasteiger partial charge in [-0.1, -0.05) is 30.3 Å². The number of nitrogens with zero attached hydrogens (tertiary/aromatic N) is 2. The fourth-order valence-corrected chi connectivity index (χ4v) is 1.80. The first-order valence-corrected chi connectivity index (χ1v) is 7.15. The van der Waals surface area contributed by atoms with Crippen LogP contribution in [0.2, 0.25) is 0 Å². The van der Waals surface area contributed by atoms with Crippen molar-refractivity contribution in [2.24, 2.45) is 0 Å². The van der Waals surface area contributed by atoms with Crippen molar-refractivity contribution in [1.29, 1.82) is 0 Å². The average molecular weight is 334 g/mol. The van der Waals surface area contributed by atoms with Gasteiger partial charge >= 0.3 is 12.1 Å². The minimum atomic E-state index is -0.991. The van der Waals surface area contributed by atoms with E-state index in [1.54, 1.807) is 0 Å². The van der Waals surface area contributed by atoms with Gasteiger partial charge in [0.2, 0.25) is 11.8 Å². The zero-order valence-electron chi connectivity index (χ0n) is 13.2. The molecule has 1 aromatic heterocycles. The van der Waals surface area contributed by atoms with E-state index in [9.17, 15) is 19.8 Å². The fourth-order valence-electron chi connectivity index (χ4n) is 1.80. The van der Waals surface area contributed by atoms with Gasteiger partial charge < -0.3 is 19.8 Å². The molecule has 0 aliphatic carbocycles. The van der Waals surface area contributed by atoms with Crippen molar-refractivity contribution in [3.05, 3.63) is 48.0 Å². The lowest BCUT2D eigenvalue weighted by molar-refractivity contribution is -0.150. The highest BCUT2D eigenvalue weighted by Crippen LogP contribution is 2.19. The third-order valence-corrected chi connectivity index (χ3v) is 3.39. The van der Waals surface area contributed by atoms with E-state index in [0.29, 0.717) is 4.73 Å². The number of hydrogen-bond acceptors (Lipinski definition) is 6. The summed E-state index contributed by atoms with van der Waals surface area (Å²) in [6.07, 6.45) is -0.704. The molecule has 0 spiro atoms. The summed E-state index contributed by atoms with van der Waals surface area (Å²) in [7, 11) is 1.38. The second kappa shape index (κ2) is 7.40. The van der Waals surface area contributed by atoms with Gasteiger partial charge in [-0.15, -0.1) is 4.73 Å². The zero-order chi connectivity index (χ0) is 17.7. The number of carbonyl (C=O) groups excluding carboxylic acids is 2. The Hall–Kier alpha value is -3.16. The molecule has 2 aromatic rings. The van der Waals surface area contributed by atoms with Gasteiger partial charge in [-0.2, -0.15) is 0 Å². The van der Waals surface area contributed by atoms with Crippen molar-refractivity contribution < 1.29 is 29.4 Å². The van der Waals surface area contributed by atoms with Gasteiger partial charge in [0.25, 0.3) is 0 Å². The van der Waals surface area contributed by atoms with Crippen LogP contribution in [-0.4, -0.2) is 45.0 Å². The van der Waals surface area contributed by atoms with Crippen LogP contribution in [-0.2, 0) is 16.1 Å². The van der Waals surface area contributed by atoms with E-state index in [4.69, 9.17) is 9.57 Å². The van der Waals surface area contributed by atoms with Crippen LogP contribution in [0.4, 0.5) is 4.79 Å². The van der Waals surface area contributed by atoms with Gasteiger partial charge in [-0.05, 0) is 12.5 Å². The van der Waals surface area contributed by atoms with Crippen molar-refractivity contribution >= 4 is 12.1 Å². The highest BCUT2D eigenvalue weighted by Gasteiger charge is 2.27. The lowest BCUT2D eigenvalue weighted by Gasteiger charge is -2.22. The van der Waals surface area contributed by atoms with Crippen molar-refractivity contribution in [3.8, 4) is 11.8 Å². The quantitative estimate of drug-likeness (QED) is 0.859. The fraction of sp³-hybridized carbons (Fsp3) is 0.250. The molecule has 128 valence electrons. The predicted molar refractivity (Wildman–Crippen MR) is 83.2 cm³/mol. The maximum absolute atomic E-state index is 12.0. The summed E-state index contributed by atoms with van der Waals surface area (Å²) in [5.74, 6) is -1.74. The number of hydrogen-bond donors (Lipinski definition) is 2. The maximum Gasteiger partial charge on any atom is 0.410 e. The summed E-state index contributed by atoms with van der Waals surface area (Å²) in [6, 6.07) is 10.4. The number of likely N-dealkylation sites (N-methyl/N-ethyl adjacent to an activating group) is 1. The van der Waals surface area contributed by atoms with Crippen molar-refractivity contribution in [2.45, 2.75) is 19.6 Å². The minimum Gasteiger partial charge on any atom is -0.492 e. The Morgan fingerprint density at radius 2 is 1.71 bits per heavy atom. The number of aromatic hydroxyl groups is 2. The van der Waals surface area contributed by atoms with Crippen LogP contribution in [0.3, 0.4) is 0 Å². The normalized spacial score (nSPS) is 11.6. The summed E-state index contributed by atoms with van der Waals surface area (Å²) in [5, 5.41) is 18.9. The molecule has 24 heavy (non-hydrogen) atoms. The molecule has 0 bridgehead atoms. The molecule has 1 atom stereocenters. The van der Waals surface area contributed by atoms with E-state index in [1.165, 1.54) is 14.0 Å². The largest absolute Gasteiger partial charge is 0.492 e. The van der Waals surface area contributed by atoms with Gasteiger partial charge in [0.05, 0.1) is 0 Å². The first-order chi connectivity index (χ1) is 11.4. The van der Waals surface area contributed by atoms with Crippen LogP contribution in [0, 0.1) is 0 Å². The molecule has 1 aromatic carbocycles. The third-order valence-electron chi connectivity index (χ3n) is 3.39. The molecule has 1 amide bonds. The first-order valence-electron chi connectivity index (χ1n) is 7.15. The van der Waals surface area contributed by atoms with Gasteiger partial charge in [0, 0.05) is 19.2 Å². The van der Waals surface area contributed by atoms with Crippen LogP contribution in [0.25, 0.3) is 0 Å². The van der Waals surface area contributed by atoms with Crippen molar-refractivity contribution in [3.63, 3.8) is 0 Å². The molecular formula is C16H18N2O6. The van der Waals surface area contributed by atoms with Crippen LogP contribution >= 0.6 is 0 Å². The molecule has 2 rings (SSSR count). The molecule has 0 fully saturated rings. The number of aromatic nitrogens is 1. The van der Waals surface area contributed by atoms with Gasteiger partial charge in [0.15, 0.2) is 0 Å². The second-order valence-electron chi connectivity index (χ2n) is 5.08. The Kier molecular flexibility index (Phi) is 5.31. The molecule has 0 radical (unpaired) electrons. The number of amides is 1. The summed E-state index contributed by atoms with van der Waals surface area (Å²) in [6.45, 7) is 1.51. The Morgan fingerprint density at radius 1 is 1.12 bits per heavy atom. The monoisotopic (exact) mass is 334 g/mol. The number of ether oxygens (including phenoxy) is 1. The zero-order valence-corrected chi connectivity index (χ0v) is 13.2. The number of benzene rings is 1. The Morgan fingerprint density at radius 3 is 2.29 bits per heavy atom. The van der Waals surface area contributed by atoms with Gasteiger partial charge in [-0.3, -0.25) is 4.90 Å². The maximum atomic E-state index is 12.0. The van der Waals surface area contributed by atoms with E-state index in [-0.39, 0.29) is 6.61 Å². The third kappa shape index (κ3) is 3.97. The van der Waals surface area contributed by atoms with Crippen LogP contribution in [0.1, 0.15) is 12.5 Å². The smallest absolute Gasteiger partial charge is 0.410 e. The van der Waals surface area contributed by atoms with Gasteiger partial charge in [0.1, 0.15) is 12.6 Å². The lowest BCUT2D eigenvalue weighted by Crippen LogP contribution is -2.44. The molecule has 0 saturated heterocycles. The summed E-state index contributed by atoms with van der Waals surface area (Å²) in [4.78, 5) is 29.9. The lowest BCUT2D eigenvalue weighted by atomic mass is 10.2. The first kappa shape index (κ1) is 17.2. The highest BCUT2D eigenvalue weighted by atomic mass is 16.7. The molecule has 8 nitrogen and oxygen atoms in total. The van der Waals surface area contributed by atoms with E-state index < -0.39 is 29.9 Å². The predicted octanol–water partition coefficient (Wildman–Crippen LogP) is 1.51. The Bertz CT molecular complexity index is 693. The van der Waals surface area contributed by atoms with Crippen LogP contribution < -0.4 is 4.84 Å². The van der Waals surface area contributed by atoms with E-state index in [0.717, 1.165) is 22.6 Å². The minimum absolute atomic E-state index is 0.0744. The van der Waals surface area contributed by atoms with Crippen molar-refractivity contribution in [2.75, 3.05) is 7.05 Å². The molecule has 2 N–H and O–H groups in total. The molecule has 8 heteroatoms. The van der Waals surface area contributed by atoms with E-state index in [2.05, 4.69) is 0 Å². The Balaban J connectivity index is 1.91. The Labute approximate surface area is 138 Å². The summed E-state index contributed by atoms with van der Waals surface area (Å²) in [5.41, 5.74) is 0.816. The standard InChI is InChI=1S/C16H18N2O6/c1-11(15(21)24-18-13(19)8-9-14(18)20)17(2)16(22)23-10-12-6-4-3-5-7-12/h3-9,11,19-20H,10H2,1-2H3/t11-/m0/s1. The summed E-state index contributed by atoms with van der Waals surface area (Å²) < 4.78 is 5.67. The van der Waals surface area contributed by atoms with E-state index in [1.807, 2.05) is 30.3 Å². The average Bonchev–Trinajstić information content (AvgIpc) is 2.91. The summed E-state index contributed by atoms with van der Waals surface area (Å²) >= 11 is 0. The molecule has 0 aliphatic rings. The molecule has 0 unspecified atom stereocenters. The molecule has 0 saturated carbocycles. The second-order valence-corrected chi connectivity index (χ2v) is 5.08. The SMILES string of the molecule is C[C@@H](C(=O)On1c(O)ccc1O)N(C)C(=O)OCc1ccccc1. The molecule has 0 aliphatic heterocycles. The number of rotatable bonds is 5. The van der Waals surface area contributed by atoms with E-state index >= 15 is 0 Å². The van der Waals surface area contributed by atoms with Crippen molar-refractivity contribution in [1.82, 2.24) is 9.63 Å².